The van der Waals surface area contributed by atoms with Gasteiger partial charge < -0.3 is 10.1 Å². The van der Waals surface area contributed by atoms with Crippen LogP contribution < -0.4 is 10.1 Å². The predicted octanol–water partition coefficient (Wildman–Crippen LogP) is 2.75. The number of rotatable bonds is 6. The van der Waals surface area contributed by atoms with Gasteiger partial charge >= 0.3 is 0 Å². The molecule has 17 heavy (non-hydrogen) atoms. The van der Waals surface area contributed by atoms with Gasteiger partial charge in [-0.2, -0.15) is 0 Å². The summed E-state index contributed by atoms with van der Waals surface area (Å²) in [6.07, 6.45) is 1.98. The number of nitrogens with one attached hydrogen (secondary N) is 1. The zero-order chi connectivity index (χ0) is 12.7. The lowest BCUT2D eigenvalue weighted by molar-refractivity contribution is -0.124. The Bertz CT molecular complexity index is 346. The molecule has 0 aliphatic carbocycles. The Kier molecular flexibility index (Phi) is 5.53. The summed E-state index contributed by atoms with van der Waals surface area (Å²) in [6.45, 7) is 4.64. The molecule has 0 aliphatic rings. The molecule has 0 saturated carbocycles. The van der Waals surface area contributed by atoms with E-state index in [2.05, 4.69) is 12.2 Å². The summed E-state index contributed by atoms with van der Waals surface area (Å²) in [5.74, 6) is 1.06. The number of methoxy groups -OCH3 is 1. The summed E-state index contributed by atoms with van der Waals surface area (Å²) in [6, 6.07) is 7.72. The quantitative estimate of drug-likeness (QED) is 0.823. The van der Waals surface area contributed by atoms with Gasteiger partial charge in [0.1, 0.15) is 5.75 Å². The maximum absolute atomic E-state index is 11.7. The fraction of sp³-hybridized carbons (Fsp3) is 0.500. The fourth-order valence-corrected chi connectivity index (χ4v) is 1.67. The highest BCUT2D eigenvalue weighted by Crippen LogP contribution is 2.11. The van der Waals surface area contributed by atoms with Crippen molar-refractivity contribution in [3.05, 3.63) is 29.8 Å². The van der Waals surface area contributed by atoms with Gasteiger partial charge in [0.05, 0.1) is 7.11 Å². The van der Waals surface area contributed by atoms with Crippen molar-refractivity contribution in [3.63, 3.8) is 0 Å². The molecule has 0 heterocycles. The maximum Gasteiger partial charge on any atom is 0.223 e. The van der Waals surface area contributed by atoms with Crippen LogP contribution in [0.4, 0.5) is 0 Å². The van der Waals surface area contributed by atoms with E-state index in [9.17, 15) is 4.79 Å². The first-order valence-corrected chi connectivity index (χ1v) is 6.08. The molecule has 0 spiro atoms. The van der Waals surface area contributed by atoms with Crippen LogP contribution in [-0.2, 0) is 11.3 Å². The topological polar surface area (TPSA) is 38.3 Å². The molecule has 0 fully saturated rings. The zero-order valence-corrected chi connectivity index (χ0v) is 10.8. The second kappa shape index (κ2) is 6.94. The van der Waals surface area contributed by atoms with Gasteiger partial charge in [-0.1, -0.05) is 32.4 Å². The van der Waals surface area contributed by atoms with Crippen LogP contribution in [0.3, 0.4) is 0 Å². The molecule has 3 heteroatoms. The van der Waals surface area contributed by atoms with Gasteiger partial charge in [0.15, 0.2) is 0 Å². The summed E-state index contributed by atoms with van der Waals surface area (Å²) in [7, 11) is 1.64. The Labute approximate surface area is 103 Å². The van der Waals surface area contributed by atoms with Crippen molar-refractivity contribution in [2.45, 2.75) is 33.2 Å². The van der Waals surface area contributed by atoms with E-state index in [0.717, 1.165) is 24.2 Å². The Hall–Kier alpha value is -1.51. The first-order chi connectivity index (χ1) is 8.17. The number of hydrogen-bond donors (Lipinski definition) is 1. The molecule has 3 nitrogen and oxygen atoms in total. The van der Waals surface area contributed by atoms with Gasteiger partial charge in [-0.25, -0.2) is 0 Å². The molecule has 1 amide bonds. The molecule has 0 bridgehead atoms. The Morgan fingerprint density at radius 2 is 2.00 bits per heavy atom. The summed E-state index contributed by atoms with van der Waals surface area (Å²) in [4.78, 5) is 11.7. The molecule has 1 atom stereocenters. The summed E-state index contributed by atoms with van der Waals surface area (Å²) in [5, 5.41) is 2.94. The highest BCUT2D eigenvalue weighted by Gasteiger charge is 2.10. The number of ether oxygens (including phenoxy) is 1. The van der Waals surface area contributed by atoms with E-state index >= 15 is 0 Å². The van der Waals surface area contributed by atoms with E-state index in [4.69, 9.17) is 4.74 Å². The van der Waals surface area contributed by atoms with Crippen LogP contribution in [-0.4, -0.2) is 13.0 Å². The first kappa shape index (κ1) is 13.6. The molecular formula is C14H21NO2. The fourth-order valence-electron chi connectivity index (χ4n) is 1.67. The van der Waals surface area contributed by atoms with Gasteiger partial charge in [-0.15, -0.1) is 0 Å². The minimum Gasteiger partial charge on any atom is -0.497 e. The van der Waals surface area contributed by atoms with Gasteiger partial charge in [0.25, 0.3) is 0 Å². The van der Waals surface area contributed by atoms with Crippen molar-refractivity contribution in [2.24, 2.45) is 5.92 Å². The lowest BCUT2D eigenvalue weighted by Crippen LogP contribution is -2.28. The molecule has 1 aromatic rings. The molecule has 0 unspecified atom stereocenters. The predicted molar refractivity (Wildman–Crippen MR) is 68.9 cm³/mol. The third-order valence-electron chi connectivity index (χ3n) is 2.80. The van der Waals surface area contributed by atoms with Crippen molar-refractivity contribution < 1.29 is 9.53 Å². The Balaban J connectivity index is 2.41. The van der Waals surface area contributed by atoms with Crippen LogP contribution >= 0.6 is 0 Å². The summed E-state index contributed by atoms with van der Waals surface area (Å²) in [5.41, 5.74) is 1.09. The van der Waals surface area contributed by atoms with Crippen molar-refractivity contribution >= 4 is 5.91 Å². The largest absolute Gasteiger partial charge is 0.497 e. The molecule has 0 aliphatic heterocycles. The lowest BCUT2D eigenvalue weighted by atomic mass is 10.1. The third kappa shape index (κ3) is 4.47. The zero-order valence-electron chi connectivity index (χ0n) is 10.8. The Morgan fingerprint density at radius 1 is 1.35 bits per heavy atom. The van der Waals surface area contributed by atoms with E-state index in [1.807, 2.05) is 31.2 Å². The smallest absolute Gasteiger partial charge is 0.223 e. The van der Waals surface area contributed by atoms with Gasteiger partial charge in [0, 0.05) is 12.5 Å². The lowest BCUT2D eigenvalue weighted by Gasteiger charge is -2.11. The standard InChI is InChI=1S/C14H21NO2/c1-4-5-11(2)14(16)15-10-12-6-8-13(17-3)9-7-12/h6-9,11H,4-5,10H2,1-3H3,(H,15,16)/t11-/m1/s1. The first-order valence-electron chi connectivity index (χ1n) is 6.08. The second-order valence-electron chi connectivity index (χ2n) is 4.26. The molecule has 1 rings (SSSR count). The average Bonchev–Trinajstić information content (AvgIpc) is 2.36. The van der Waals surface area contributed by atoms with Gasteiger partial charge in [-0.05, 0) is 24.1 Å². The van der Waals surface area contributed by atoms with Crippen LogP contribution in [0.1, 0.15) is 32.3 Å². The average molecular weight is 235 g/mol. The number of carbonyl (C=O) groups is 1. The summed E-state index contributed by atoms with van der Waals surface area (Å²) < 4.78 is 5.08. The second-order valence-corrected chi connectivity index (χ2v) is 4.26. The minimum absolute atomic E-state index is 0.0956. The molecule has 1 aromatic carbocycles. The normalized spacial score (nSPS) is 11.9. The number of hydrogen-bond acceptors (Lipinski definition) is 2. The SMILES string of the molecule is CCC[C@@H](C)C(=O)NCc1ccc(OC)cc1. The molecule has 0 radical (unpaired) electrons. The van der Waals surface area contributed by atoms with Crippen molar-refractivity contribution in [2.75, 3.05) is 7.11 Å². The number of benzene rings is 1. The highest BCUT2D eigenvalue weighted by molar-refractivity contribution is 5.78. The van der Waals surface area contributed by atoms with E-state index in [0.29, 0.717) is 6.54 Å². The molecule has 0 saturated heterocycles. The number of carbonyl (C=O) groups excluding carboxylic acids is 1. The van der Waals surface area contributed by atoms with E-state index in [-0.39, 0.29) is 11.8 Å². The van der Waals surface area contributed by atoms with Crippen LogP contribution in [0, 0.1) is 5.92 Å². The van der Waals surface area contributed by atoms with Crippen LogP contribution in [0.25, 0.3) is 0 Å². The van der Waals surface area contributed by atoms with Gasteiger partial charge in [-0.3, -0.25) is 4.79 Å². The van der Waals surface area contributed by atoms with E-state index in [1.165, 1.54) is 0 Å². The van der Waals surface area contributed by atoms with Crippen LogP contribution in [0.15, 0.2) is 24.3 Å². The van der Waals surface area contributed by atoms with Crippen LogP contribution in [0.5, 0.6) is 5.75 Å². The van der Waals surface area contributed by atoms with Crippen molar-refractivity contribution in [1.29, 1.82) is 0 Å². The number of amides is 1. The molecule has 94 valence electrons. The van der Waals surface area contributed by atoms with E-state index in [1.54, 1.807) is 7.11 Å². The van der Waals surface area contributed by atoms with Crippen molar-refractivity contribution in [1.82, 2.24) is 5.32 Å². The van der Waals surface area contributed by atoms with Gasteiger partial charge in [0.2, 0.25) is 5.91 Å². The van der Waals surface area contributed by atoms with Crippen LogP contribution in [0.2, 0.25) is 0 Å². The van der Waals surface area contributed by atoms with E-state index < -0.39 is 0 Å². The highest BCUT2D eigenvalue weighted by atomic mass is 16.5. The molecular weight excluding hydrogens is 214 g/mol. The molecule has 0 aromatic heterocycles. The monoisotopic (exact) mass is 235 g/mol. The maximum atomic E-state index is 11.7. The minimum atomic E-state index is 0.0956. The van der Waals surface area contributed by atoms with Crippen molar-refractivity contribution in [3.8, 4) is 5.75 Å². The molecule has 1 N–H and O–H groups in total. The summed E-state index contributed by atoms with van der Waals surface area (Å²) >= 11 is 0. The Morgan fingerprint density at radius 3 is 2.53 bits per heavy atom. The third-order valence-corrected chi connectivity index (χ3v) is 2.80.